The second kappa shape index (κ2) is 9.78. The number of benzene rings is 2. The van der Waals surface area contributed by atoms with Gasteiger partial charge in [0, 0.05) is 43.8 Å². The Hall–Kier alpha value is -2.65. The van der Waals surface area contributed by atoms with E-state index >= 15 is 0 Å². The van der Waals surface area contributed by atoms with Gasteiger partial charge >= 0.3 is 6.18 Å². The van der Waals surface area contributed by atoms with Crippen molar-refractivity contribution >= 4 is 5.91 Å². The number of nitrogens with one attached hydrogen (secondary N) is 1. The third-order valence-electron chi connectivity index (χ3n) is 7.70. The lowest BCUT2D eigenvalue weighted by atomic mass is 9.62. The van der Waals surface area contributed by atoms with Crippen molar-refractivity contribution in [3.05, 3.63) is 65.5 Å². The molecule has 0 unspecified atom stereocenters. The first kappa shape index (κ1) is 25.4. The summed E-state index contributed by atoms with van der Waals surface area (Å²) in [5, 5.41) is 3.32. The fraction of sp³-hybridized carbons (Fsp3) is 0.500. The van der Waals surface area contributed by atoms with Gasteiger partial charge in [-0.15, -0.1) is 0 Å². The highest BCUT2D eigenvalue weighted by atomic mass is 19.4. The van der Waals surface area contributed by atoms with E-state index in [0.29, 0.717) is 30.7 Å². The molecule has 2 fully saturated rings. The van der Waals surface area contributed by atoms with Crippen molar-refractivity contribution in [3.8, 4) is 5.75 Å². The smallest absolute Gasteiger partial charge is 0.430 e. The minimum absolute atomic E-state index is 0.125. The third kappa shape index (κ3) is 4.29. The summed E-state index contributed by atoms with van der Waals surface area (Å²) < 4.78 is 68.6. The topological polar surface area (TPSA) is 50.8 Å². The van der Waals surface area contributed by atoms with Crippen LogP contribution >= 0.6 is 0 Å². The molecule has 2 atom stereocenters. The second-order valence-electron chi connectivity index (χ2n) is 9.27. The average Bonchev–Trinajstić information content (AvgIpc) is 2.85. The van der Waals surface area contributed by atoms with Gasteiger partial charge in [-0.25, -0.2) is 4.39 Å². The molecule has 1 spiro atoms. The van der Waals surface area contributed by atoms with E-state index in [-0.39, 0.29) is 35.8 Å². The van der Waals surface area contributed by atoms with Crippen molar-refractivity contribution in [2.75, 3.05) is 40.4 Å². The van der Waals surface area contributed by atoms with Crippen LogP contribution in [0.1, 0.15) is 36.3 Å². The number of hydrogen-bond donors (Lipinski definition) is 1. The number of alkyl halides is 3. The van der Waals surface area contributed by atoms with E-state index in [1.807, 2.05) is 0 Å². The predicted molar refractivity (Wildman–Crippen MR) is 123 cm³/mol. The molecule has 2 aliphatic heterocycles. The fourth-order valence-electron chi connectivity index (χ4n) is 5.79. The van der Waals surface area contributed by atoms with E-state index in [1.165, 1.54) is 42.3 Å². The minimum atomic E-state index is -4.95. The van der Waals surface area contributed by atoms with Crippen LogP contribution in [0.2, 0.25) is 0 Å². The zero-order valence-corrected chi connectivity index (χ0v) is 19.8. The van der Waals surface area contributed by atoms with Gasteiger partial charge in [0.25, 0.3) is 11.5 Å². The van der Waals surface area contributed by atoms with E-state index in [9.17, 15) is 22.4 Å². The van der Waals surface area contributed by atoms with Gasteiger partial charge < -0.3 is 19.7 Å². The standard InChI is InChI=1S/C26H30F4N2O3/c1-34-21-10-6-9-20(27)22(21)19-17-31-14-11-24(19)12-15-32(16-13-24)23(33)25(35-2,26(28,29)30)18-7-4-3-5-8-18/h3-10,19,31H,11-17H2,1-2H3/t19-,25+/m0/s1. The van der Waals surface area contributed by atoms with Gasteiger partial charge in [-0.3, -0.25) is 4.79 Å². The number of likely N-dealkylation sites (tertiary alicyclic amines) is 1. The molecular formula is C26H30F4N2O3. The Labute approximate surface area is 202 Å². The highest BCUT2D eigenvalue weighted by Gasteiger charge is 2.64. The molecule has 9 heteroatoms. The van der Waals surface area contributed by atoms with Gasteiger partial charge in [-0.05, 0) is 43.4 Å². The summed E-state index contributed by atoms with van der Waals surface area (Å²) in [5.41, 5.74) is -3.22. The van der Waals surface area contributed by atoms with Crippen LogP contribution in [0.4, 0.5) is 17.6 Å². The number of ether oxygens (including phenoxy) is 2. The number of amides is 1. The molecule has 1 N–H and O–H groups in total. The SMILES string of the molecule is COc1cccc(F)c1[C@@H]1CNCCC12CCN(C(=O)[C@](OC)(c1ccccc1)C(F)(F)F)CC2. The molecule has 4 rings (SSSR count). The number of carbonyl (C=O) groups excluding carboxylic acids is 1. The molecule has 2 aromatic rings. The van der Waals surface area contributed by atoms with Gasteiger partial charge in [0.1, 0.15) is 11.6 Å². The van der Waals surface area contributed by atoms with Crippen molar-refractivity contribution in [3.63, 3.8) is 0 Å². The predicted octanol–water partition coefficient (Wildman–Crippen LogP) is 4.62. The number of rotatable bonds is 5. The number of nitrogens with zero attached hydrogens (tertiary/aromatic N) is 1. The molecule has 1 amide bonds. The van der Waals surface area contributed by atoms with Crippen molar-refractivity contribution in [2.24, 2.45) is 5.41 Å². The molecular weight excluding hydrogens is 464 g/mol. The van der Waals surface area contributed by atoms with Gasteiger partial charge in [0.15, 0.2) is 0 Å². The minimum Gasteiger partial charge on any atom is -0.496 e. The Morgan fingerprint density at radius 1 is 1.03 bits per heavy atom. The molecule has 2 aromatic carbocycles. The van der Waals surface area contributed by atoms with Crippen LogP contribution in [0.3, 0.4) is 0 Å². The lowest BCUT2D eigenvalue weighted by Crippen LogP contribution is -2.59. The van der Waals surface area contributed by atoms with Crippen LogP contribution in [-0.4, -0.2) is 57.4 Å². The number of methoxy groups -OCH3 is 2. The summed E-state index contributed by atoms with van der Waals surface area (Å²) in [4.78, 5) is 14.7. The van der Waals surface area contributed by atoms with Crippen LogP contribution in [0.25, 0.3) is 0 Å². The Morgan fingerprint density at radius 2 is 1.71 bits per heavy atom. The van der Waals surface area contributed by atoms with Gasteiger partial charge in [-0.1, -0.05) is 36.4 Å². The Morgan fingerprint density at radius 3 is 2.31 bits per heavy atom. The molecule has 0 aromatic heterocycles. The summed E-state index contributed by atoms with van der Waals surface area (Å²) in [6.45, 7) is 1.50. The van der Waals surface area contributed by atoms with E-state index in [4.69, 9.17) is 9.47 Å². The number of carbonyl (C=O) groups is 1. The Kier molecular flexibility index (Phi) is 7.11. The maximum atomic E-state index is 15.0. The molecule has 35 heavy (non-hydrogen) atoms. The lowest BCUT2D eigenvalue weighted by molar-refractivity contribution is -0.271. The van der Waals surface area contributed by atoms with Crippen LogP contribution in [-0.2, 0) is 15.1 Å². The summed E-state index contributed by atoms with van der Waals surface area (Å²) in [6, 6.07) is 11.7. The average molecular weight is 495 g/mol. The molecule has 2 heterocycles. The van der Waals surface area contributed by atoms with Crippen LogP contribution < -0.4 is 10.1 Å². The molecule has 2 aliphatic rings. The van der Waals surface area contributed by atoms with Gasteiger partial charge in [-0.2, -0.15) is 13.2 Å². The lowest BCUT2D eigenvalue weighted by Gasteiger charge is -2.51. The quantitative estimate of drug-likeness (QED) is 0.617. The maximum absolute atomic E-state index is 15.0. The highest BCUT2D eigenvalue weighted by molar-refractivity contribution is 5.88. The van der Waals surface area contributed by atoms with E-state index in [0.717, 1.165) is 20.1 Å². The van der Waals surface area contributed by atoms with Gasteiger partial charge in [0.05, 0.1) is 7.11 Å². The molecule has 5 nitrogen and oxygen atoms in total. The van der Waals surface area contributed by atoms with Crippen molar-refractivity contribution in [1.82, 2.24) is 10.2 Å². The third-order valence-corrected chi connectivity index (χ3v) is 7.70. The number of halogens is 4. The molecule has 2 saturated heterocycles. The van der Waals surface area contributed by atoms with E-state index in [2.05, 4.69) is 5.32 Å². The van der Waals surface area contributed by atoms with Crippen molar-refractivity contribution in [2.45, 2.75) is 37.0 Å². The molecule has 0 aliphatic carbocycles. The summed E-state index contributed by atoms with van der Waals surface area (Å²) in [6.07, 6.45) is -3.32. The van der Waals surface area contributed by atoms with Gasteiger partial charge in [0.2, 0.25) is 0 Å². The summed E-state index contributed by atoms with van der Waals surface area (Å²) >= 11 is 0. The van der Waals surface area contributed by atoms with Crippen LogP contribution in [0.5, 0.6) is 5.75 Å². The zero-order valence-electron chi connectivity index (χ0n) is 19.8. The normalized spacial score (nSPS) is 22.0. The zero-order chi connectivity index (χ0) is 25.3. The largest absolute Gasteiger partial charge is 0.496 e. The maximum Gasteiger partial charge on any atom is 0.430 e. The Balaban J connectivity index is 1.63. The number of piperidine rings is 2. The molecule has 0 radical (unpaired) electrons. The van der Waals surface area contributed by atoms with Crippen molar-refractivity contribution in [1.29, 1.82) is 0 Å². The van der Waals surface area contributed by atoms with Crippen LogP contribution in [0.15, 0.2) is 48.5 Å². The monoisotopic (exact) mass is 494 g/mol. The second-order valence-corrected chi connectivity index (χ2v) is 9.27. The summed E-state index contributed by atoms with van der Waals surface area (Å²) in [7, 11) is 2.41. The first-order chi connectivity index (χ1) is 16.7. The number of hydrogen-bond acceptors (Lipinski definition) is 4. The van der Waals surface area contributed by atoms with E-state index < -0.39 is 17.7 Å². The first-order valence-corrected chi connectivity index (χ1v) is 11.7. The van der Waals surface area contributed by atoms with Crippen molar-refractivity contribution < 1.29 is 31.8 Å². The van der Waals surface area contributed by atoms with E-state index in [1.54, 1.807) is 18.2 Å². The highest BCUT2D eigenvalue weighted by Crippen LogP contribution is 2.52. The molecule has 190 valence electrons. The molecule has 0 bridgehead atoms. The Bertz CT molecular complexity index is 1040. The first-order valence-electron chi connectivity index (χ1n) is 11.7. The van der Waals surface area contributed by atoms with Crippen LogP contribution in [0, 0.1) is 11.2 Å². The fourth-order valence-corrected chi connectivity index (χ4v) is 5.79. The summed E-state index contributed by atoms with van der Waals surface area (Å²) in [5.74, 6) is -1.26. The molecule has 0 saturated carbocycles.